The lowest BCUT2D eigenvalue weighted by Crippen LogP contribution is -2.20. The van der Waals surface area contributed by atoms with Crippen LogP contribution in [-0.2, 0) is 4.79 Å². The van der Waals surface area contributed by atoms with Gasteiger partial charge in [0.1, 0.15) is 0 Å². The number of benzene rings is 2. The van der Waals surface area contributed by atoms with Gasteiger partial charge in [-0.1, -0.05) is 36.4 Å². The van der Waals surface area contributed by atoms with Gasteiger partial charge in [0.05, 0.1) is 20.4 Å². The maximum absolute atomic E-state index is 12.2. The van der Waals surface area contributed by atoms with E-state index in [2.05, 4.69) is 22.7 Å². The summed E-state index contributed by atoms with van der Waals surface area (Å²) in [7, 11) is 3.15. The summed E-state index contributed by atoms with van der Waals surface area (Å²) in [5.41, 5.74) is 4.56. The molecule has 3 rings (SSSR count). The number of hydrogen-bond acceptors (Lipinski definition) is 4. The molecular weight excluding hydrogens is 304 g/mol. The summed E-state index contributed by atoms with van der Waals surface area (Å²) < 4.78 is 10.6. The molecule has 1 fully saturated rings. The number of nitrogens with zero attached hydrogens (tertiary/aromatic N) is 1. The minimum absolute atomic E-state index is 0.00300. The first-order chi connectivity index (χ1) is 11.7. The summed E-state index contributed by atoms with van der Waals surface area (Å²) in [4.78, 5) is 12.2. The number of para-hydroxylation sites is 1. The molecule has 1 amide bonds. The summed E-state index contributed by atoms with van der Waals surface area (Å²) in [6.45, 7) is 0. The van der Waals surface area contributed by atoms with E-state index in [4.69, 9.17) is 9.47 Å². The van der Waals surface area contributed by atoms with Crippen LogP contribution in [0, 0.1) is 5.92 Å². The molecule has 0 unspecified atom stereocenters. The van der Waals surface area contributed by atoms with Gasteiger partial charge in [0.25, 0.3) is 0 Å². The second-order valence-corrected chi connectivity index (χ2v) is 5.68. The smallest absolute Gasteiger partial charge is 0.243 e. The van der Waals surface area contributed by atoms with E-state index in [1.165, 1.54) is 5.56 Å². The van der Waals surface area contributed by atoms with Crippen molar-refractivity contribution < 1.29 is 14.3 Å². The number of carbonyl (C=O) groups excluding carboxylic acids is 1. The van der Waals surface area contributed by atoms with Crippen molar-refractivity contribution in [3.05, 3.63) is 59.7 Å². The highest BCUT2D eigenvalue weighted by Crippen LogP contribution is 2.47. The Balaban J connectivity index is 1.61. The average Bonchev–Trinajstić information content (AvgIpc) is 3.43. The summed E-state index contributed by atoms with van der Waals surface area (Å²) in [6.07, 6.45) is 2.44. The number of carbonyl (C=O) groups is 1. The van der Waals surface area contributed by atoms with E-state index in [0.29, 0.717) is 17.4 Å². The Morgan fingerprint density at radius 3 is 2.62 bits per heavy atom. The van der Waals surface area contributed by atoms with Gasteiger partial charge >= 0.3 is 0 Å². The van der Waals surface area contributed by atoms with Gasteiger partial charge in [-0.05, 0) is 30.0 Å². The Hall–Kier alpha value is -2.82. The number of hydrazone groups is 1. The standard InChI is InChI=1S/C19H20N2O3/c1-23-17-10-6-9-14(18(17)24-2)12-20-21-19(22)16-11-15(16)13-7-4-3-5-8-13/h3-10,12,15-16H,11H2,1-2H3,(H,21,22)/b20-12+/t15-,16+/m1/s1. The Labute approximate surface area is 141 Å². The predicted octanol–water partition coefficient (Wildman–Crippen LogP) is 2.96. The van der Waals surface area contributed by atoms with Crippen LogP contribution in [-0.4, -0.2) is 26.3 Å². The lowest BCUT2D eigenvalue weighted by atomic mass is 10.1. The van der Waals surface area contributed by atoms with E-state index in [1.807, 2.05) is 36.4 Å². The van der Waals surface area contributed by atoms with Crippen LogP contribution in [0.2, 0.25) is 0 Å². The second-order valence-electron chi connectivity index (χ2n) is 5.68. The number of hydrogen-bond donors (Lipinski definition) is 1. The first-order valence-electron chi connectivity index (χ1n) is 7.83. The van der Waals surface area contributed by atoms with Crippen LogP contribution in [0.3, 0.4) is 0 Å². The molecule has 2 aromatic rings. The molecule has 124 valence electrons. The van der Waals surface area contributed by atoms with Gasteiger partial charge in [-0.2, -0.15) is 5.10 Å². The zero-order valence-corrected chi connectivity index (χ0v) is 13.7. The molecule has 1 saturated carbocycles. The summed E-state index contributed by atoms with van der Waals surface area (Å²) in [5.74, 6) is 1.46. The fraction of sp³-hybridized carbons (Fsp3) is 0.263. The highest BCUT2D eigenvalue weighted by atomic mass is 16.5. The zero-order valence-electron chi connectivity index (χ0n) is 13.7. The highest BCUT2D eigenvalue weighted by Gasteiger charge is 2.43. The molecule has 0 spiro atoms. The van der Waals surface area contributed by atoms with E-state index in [-0.39, 0.29) is 11.8 Å². The quantitative estimate of drug-likeness (QED) is 0.656. The SMILES string of the molecule is COc1cccc(/C=N/NC(=O)[C@H]2C[C@@H]2c2ccccc2)c1OC. The Bertz CT molecular complexity index is 744. The van der Waals surface area contributed by atoms with Crippen LogP contribution in [0.15, 0.2) is 53.6 Å². The van der Waals surface area contributed by atoms with Gasteiger partial charge in [-0.25, -0.2) is 5.43 Å². The molecular formula is C19H20N2O3. The van der Waals surface area contributed by atoms with E-state index in [9.17, 15) is 4.79 Å². The monoisotopic (exact) mass is 324 g/mol. The molecule has 1 aliphatic rings. The predicted molar refractivity (Wildman–Crippen MR) is 92.6 cm³/mol. The molecule has 24 heavy (non-hydrogen) atoms. The van der Waals surface area contributed by atoms with Crippen molar-refractivity contribution >= 4 is 12.1 Å². The van der Waals surface area contributed by atoms with Crippen LogP contribution >= 0.6 is 0 Å². The molecule has 2 aromatic carbocycles. The van der Waals surface area contributed by atoms with Gasteiger partial charge in [0.15, 0.2) is 11.5 Å². The third-order valence-electron chi connectivity index (χ3n) is 4.17. The number of rotatable bonds is 6. The molecule has 1 N–H and O–H groups in total. The molecule has 0 saturated heterocycles. The van der Waals surface area contributed by atoms with Crippen molar-refractivity contribution in [1.82, 2.24) is 5.43 Å². The minimum Gasteiger partial charge on any atom is -0.493 e. The molecule has 5 heteroatoms. The van der Waals surface area contributed by atoms with Crippen molar-refractivity contribution in [1.29, 1.82) is 0 Å². The lowest BCUT2D eigenvalue weighted by Gasteiger charge is -2.09. The average molecular weight is 324 g/mol. The van der Waals surface area contributed by atoms with E-state index < -0.39 is 0 Å². The van der Waals surface area contributed by atoms with E-state index in [0.717, 1.165) is 12.0 Å². The fourth-order valence-corrected chi connectivity index (χ4v) is 2.82. The van der Waals surface area contributed by atoms with Crippen LogP contribution < -0.4 is 14.9 Å². The number of methoxy groups -OCH3 is 2. The van der Waals surface area contributed by atoms with E-state index in [1.54, 1.807) is 20.4 Å². The first-order valence-corrected chi connectivity index (χ1v) is 7.83. The van der Waals surface area contributed by atoms with Crippen molar-refractivity contribution in [2.75, 3.05) is 14.2 Å². The second kappa shape index (κ2) is 7.17. The number of ether oxygens (including phenoxy) is 2. The normalized spacial score (nSPS) is 19.1. The number of amides is 1. The first kappa shape index (κ1) is 16.1. The van der Waals surface area contributed by atoms with Crippen molar-refractivity contribution in [2.45, 2.75) is 12.3 Å². The molecule has 0 bridgehead atoms. The minimum atomic E-state index is -0.0537. The molecule has 1 aliphatic carbocycles. The molecule has 0 heterocycles. The maximum atomic E-state index is 12.2. The van der Waals surface area contributed by atoms with Gasteiger partial charge in [0.2, 0.25) is 5.91 Å². The van der Waals surface area contributed by atoms with Gasteiger partial charge < -0.3 is 9.47 Å². The molecule has 0 aliphatic heterocycles. The van der Waals surface area contributed by atoms with Crippen molar-refractivity contribution in [2.24, 2.45) is 11.0 Å². The lowest BCUT2D eigenvalue weighted by molar-refractivity contribution is -0.122. The topological polar surface area (TPSA) is 59.9 Å². The zero-order chi connectivity index (χ0) is 16.9. The summed E-state index contributed by atoms with van der Waals surface area (Å²) >= 11 is 0. The Kier molecular flexibility index (Phi) is 4.79. The van der Waals surface area contributed by atoms with Crippen molar-refractivity contribution in [3.63, 3.8) is 0 Å². The third-order valence-corrected chi connectivity index (χ3v) is 4.17. The largest absolute Gasteiger partial charge is 0.493 e. The van der Waals surface area contributed by atoms with Crippen LogP contribution in [0.5, 0.6) is 11.5 Å². The third kappa shape index (κ3) is 3.40. The van der Waals surface area contributed by atoms with Gasteiger partial charge in [-0.3, -0.25) is 4.79 Å². The van der Waals surface area contributed by atoms with Crippen molar-refractivity contribution in [3.8, 4) is 11.5 Å². The molecule has 0 radical (unpaired) electrons. The summed E-state index contributed by atoms with van der Waals surface area (Å²) in [5, 5.41) is 4.05. The molecule has 5 nitrogen and oxygen atoms in total. The van der Waals surface area contributed by atoms with Crippen LogP contribution in [0.4, 0.5) is 0 Å². The van der Waals surface area contributed by atoms with E-state index >= 15 is 0 Å². The summed E-state index contributed by atoms with van der Waals surface area (Å²) in [6, 6.07) is 15.6. The Morgan fingerprint density at radius 2 is 1.92 bits per heavy atom. The maximum Gasteiger partial charge on any atom is 0.243 e. The molecule has 2 atom stereocenters. The van der Waals surface area contributed by atoms with Crippen LogP contribution in [0.1, 0.15) is 23.5 Å². The van der Waals surface area contributed by atoms with Gasteiger partial charge in [0, 0.05) is 11.5 Å². The Morgan fingerprint density at radius 1 is 1.12 bits per heavy atom. The van der Waals surface area contributed by atoms with Crippen LogP contribution in [0.25, 0.3) is 0 Å². The fourth-order valence-electron chi connectivity index (χ4n) is 2.82. The molecule has 0 aromatic heterocycles. The highest BCUT2D eigenvalue weighted by molar-refractivity contribution is 5.88. The van der Waals surface area contributed by atoms with Gasteiger partial charge in [-0.15, -0.1) is 0 Å². The number of nitrogens with one attached hydrogen (secondary N) is 1.